The Balaban J connectivity index is 1.28. The molecule has 3 nitrogen and oxygen atoms in total. The quantitative estimate of drug-likeness (QED) is 0.174. The number of rotatable bonds is 5. The first-order chi connectivity index (χ1) is 24.8. The molecule has 4 heteroatoms. The van der Waals surface area contributed by atoms with Crippen LogP contribution < -0.4 is 31.1 Å². The Kier molecular flexibility index (Phi) is 6.60. The molecule has 0 bridgehead atoms. The molecular weight excluding hydrogens is 605 g/mol. The Bertz CT molecular complexity index is 2470. The monoisotopic (exact) mass is 637 g/mol. The maximum absolute atomic E-state index is 2.52. The summed E-state index contributed by atoms with van der Waals surface area (Å²) in [6.45, 7) is 0.0644. The van der Waals surface area contributed by atoms with E-state index in [0.29, 0.717) is 0 Å². The number of fused-ring (bicyclic) bond motifs is 5. The molecule has 0 amide bonds. The van der Waals surface area contributed by atoms with E-state index in [1.807, 2.05) is 0 Å². The van der Waals surface area contributed by atoms with Crippen molar-refractivity contribution in [3.8, 4) is 0 Å². The van der Waals surface area contributed by atoms with Gasteiger partial charge in [0.1, 0.15) is 0 Å². The van der Waals surface area contributed by atoms with Gasteiger partial charge in [-0.1, -0.05) is 121 Å². The summed E-state index contributed by atoms with van der Waals surface area (Å²) in [5, 5.41) is 2.45. The van der Waals surface area contributed by atoms with Crippen molar-refractivity contribution in [1.29, 1.82) is 0 Å². The number of nitrogens with zero attached hydrogens (tertiary/aromatic N) is 3. The fraction of sp³-hybridized carbons (Fsp3) is 0. The van der Waals surface area contributed by atoms with E-state index in [9.17, 15) is 0 Å². The second-order valence-corrected chi connectivity index (χ2v) is 13.0. The van der Waals surface area contributed by atoms with E-state index in [1.165, 1.54) is 55.6 Å². The van der Waals surface area contributed by atoms with Gasteiger partial charge in [-0.25, -0.2) is 0 Å². The predicted octanol–water partition coefficient (Wildman–Crippen LogP) is 10.4. The van der Waals surface area contributed by atoms with Gasteiger partial charge in [-0.2, -0.15) is 0 Å². The first kappa shape index (κ1) is 28.5. The van der Waals surface area contributed by atoms with Crippen LogP contribution in [0.1, 0.15) is 0 Å². The molecule has 0 N–H and O–H groups in total. The van der Waals surface area contributed by atoms with Crippen LogP contribution in [-0.2, 0) is 0 Å². The summed E-state index contributed by atoms with van der Waals surface area (Å²) in [5.41, 5.74) is 14.4. The van der Waals surface area contributed by atoms with Gasteiger partial charge in [0.05, 0.1) is 5.69 Å². The van der Waals surface area contributed by atoms with Crippen molar-refractivity contribution in [2.45, 2.75) is 0 Å². The fourth-order valence-corrected chi connectivity index (χ4v) is 8.13. The van der Waals surface area contributed by atoms with Crippen LogP contribution in [0.5, 0.6) is 0 Å². The third-order valence-corrected chi connectivity index (χ3v) is 10.2. The summed E-state index contributed by atoms with van der Waals surface area (Å²) in [4.78, 5) is 7.32. The molecule has 2 heterocycles. The van der Waals surface area contributed by atoms with Gasteiger partial charge in [0.15, 0.2) is 0 Å². The van der Waals surface area contributed by atoms with Crippen LogP contribution in [0.15, 0.2) is 194 Å². The fourth-order valence-electron chi connectivity index (χ4n) is 8.13. The molecule has 2 aliphatic rings. The molecule has 8 aromatic rings. The molecule has 0 fully saturated rings. The van der Waals surface area contributed by atoms with Crippen LogP contribution in [-0.4, -0.2) is 6.71 Å². The van der Waals surface area contributed by atoms with Crippen molar-refractivity contribution in [1.82, 2.24) is 0 Å². The smallest absolute Gasteiger partial charge is 0.252 e. The number of anilines is 9. The van der Waals surface area contributed by atoms with Gasteiger partial charge in [0.25, 0.3) is 6.71 Å². The maximum atomic E-state index is 2.52. The van der Waals surface area contributed by atoms with Gasteiger partial charge in [-0.3, -0.25) is 0 Å². The Morgan fingerprint density at radius 2 is 0.900 bits per heavy atom. The van der Waals surface area contributed by atoms with E-state index >= 15 is 0 Å². The second kappa shape index (κ2) is 11.6. The first-order valence-electron chi connectivity index (χ1n) is 17.2. The molecule has 50 heavy (non-hydrogen) atoms. The number of hydrogen-bond acceptors (Lipinski definition) is 3. The summed E-state index contributed by atoms with van der Waals surface area (Å²) >= 11 is 0. The van der Waals surface area contributed by atoms with E-state index in [2.05, 4.69) is 209 Å². The van der Waals surface area contributed by atoms with Crippen molar-refractivity contribution >= 4 is 85.1 Å². The van der Waals surface area contributed by atoms with E-state index in [-0.39, 0.29) is 6.71 Å². The third-order valence-electron chi connectivity index (χ3n) is 10.2. The second-order valence-electron chi connectivity index (χ2n) is 13.0. The zero-order chi connectivity index (χ0) is 33.0. The zero-order valence-corrected chi connectivity index (χ0v) is 27.4. The number of para-hydroxylation sites is 4. The van der Waals surface area contributed by atoms with Crippen molar-refractivity contribution in [2.24, 2.45) is 0 Å². The summed E-state index contributed by atoms with van der Waals surface area (Å²) < 4.78 is 0. The molecule has 0 aromatic heterocycles. The molecule has 0 saturated heterocycles. The largest absolute Gasteiger partial charge is 0.311 e. The molecule has 0 spiro atoms. The summed E-state index contributed by atoms with van der Waals surface area (Å²) in [7, 11) is 0. The highest BCUT2D eigenvalue weighted by Gasteiger charge is 2.43. The highest BCUT2D eigenvalue weighted by Crippen LogP contribution is 2.46. The van der Waals surface area contributed by atoms with Crippen LogP contribution in [0.2, 0.25) is 0 Å². The minimum atomic E-state index is 0.0644. The van der Waals surface area contributed by atoms with Crippen LogP contribution >= 0.6 is 0 Å². The lowest BCUT2D eigenvalue weighted by atomic mass is 9.33. The highest BCUT2D eigenvalue weighted by atomic mass is 15.2. The lowest BCUT2D eigenvalue weighted by Crippen LogP contribution is -2.61. The third kappa shape index (κ3) is 4.39. The molecule has 0 aliphatic carbocycles. The average Bonchev–Trinajstić information content (AvgIpc) is 3.19. The van der Waals surface area contributed by atoms with Crippen molar-refractivity contribution in [3.63, 3.8) is 0 Å². The predicted molar refractivity (Wildman–Crippen MR) is 213 cm³/mol. The molecule has 234 valence electrons. The Morgan fingerprint density at radius 3 is 1.66 bits per heavy atom. The van der Waals surface area contributed by atoms with Crippen LogP contribution in [0, 0.1) is 0 Å². The number of hydrogen-bond donors (Lipinski definition) is 0. The van der Waals surface area contributed by atoms with Crippen LogP contribution in [0.3, 0.4) is 0 Å². The minimum absolute atomic E-state index is 0.0644. The topological polar surface area (TPSA) is 9.72 Å². The van der Waals surface area contributed by atoms with E-state index in [1.54, 1.807) is 0 Å². The molecule has 0 radical (unpaired) electrons. The van der Waals surface area contributed by atoms with Crippen LogP contribution in [0.25, 0.3) is 10.8 Å². The van der Waals surface area contributed by atoms with E-state index < -0.39 is 0 Å². The van der Waals surface area contributed by atoms with E-state index in [4.69, 9.17) is 0 Å². The summed E-state index contributed by atoms with van der Waals surface area (Å²) in [6, 6.07) is 70.4. The minimum Gasteiger partial charge on any atom is -0.311 e. The molecule has 10 rings (SSSR count). The zero-order valence-electron chi connectivity index (χ0n) is 27.4. The first-order valence-corrected chi connectivity index (χ1v) is 17.2. The standard InChI is InChI=1S/C46H32BN3/c1-4-18-34(19-5-1)48(35-20-6-2-7-21-35)37-30-31-40-45(32-37)50(41-27-14-17-33-16-10-11-24-38(33)41)44-29-15-28-43-46(44)47(40)39-25-12-13-26-42(39)49(43)36-22-8-3-9-23-36/h1-32H. The lowest BCUT2D eigenvalue weighted by molar-refractivity contribution is 1.24. The number of benzene rings is 8. The Morgan fingerprint density at radius 1 is 0.360 bits per heavy atom. The average molecular weight is 638 g/mol. The van der Waals surface area contributed by atoms with Gasteiger partial charge >= 0.3 is 0 Å². The Labute approximate surface area is 293 Å². The Hall–Kier alpha value is -6.52. The van der Waals surface area contributed by atoms with Gasteiger partial charge in [-0.15, -0.1) is 0 Å². The maximum Gasteiger partial charge on any atom is 0.252 e. The van der Waals surface area contributed by atoms with E-state index in [0.717, 1.165) is 22.7 Å². The van der Waals surface area contributed by atoms with Gasteiger partial charge in [-0.05, 0) is 94.6 Å². The van der Waals surface area contributed by atoms with Crippen molar-refractivity contribution < 1.29 is 0 Å². The molecule has 2 aliphatic heterocycles. The normalized spacial score (nSPS) is 12.7. The summed E-state index contributed by atoms with van der Waals surface area (Å²) in [5.74, 6) is 0. The molecule has 0 unspecified atom stereocenters. The van der Waals surface area contributed by atoms with Gasteiger partial charge < -0.3 is 14.7 Å². The lowest BCUT2D eigenvalue weighted by Gasteiger charge is -2.44. The molecular formula is C46H32BN3. The molecule has 0 saturated carbocycles. The van der Waals surface area contributed by atoms with Crippen molar-refractivity contribution in [3.05, 3.63) is 194 Å². The SMILES string of the molecule is c1ccc(N(c2ccccc2)c2ccc3c(c2)N(c2cccc4ccccc24)c2cccc4c2B3c2ccccc2N4c2ccccc2)cc1. The summed E-state index contributed by atoms with van der Waals surface area (Å²) in [6.07, 6.45) is 0. The molecule has 8 aromatic carbocycles. The highest BCUT2D eigenvalue weighted by molar-refractivity contribution is 7.00. The van der Waals surface area contributed by atoms with Crippen LogP contribution in [0.4, 0.5) is 51.2 Å². The van der Waals surface area contributed by atoms with Gasteiger partial charge in [0, 0.05) is 50.9 Å². The van der Waals surface area contributed by atoms with Gasteiger partial charge in [0.2, 0.25) is 0 Å². The molecule has 0 atom stereocenters. The van der Waals surface area contributed by atoms with Crippen molar-refractivity contribution in [2.75, 3.05) is 14.7 Å².